The fraction of sp³-hybridized carbons (Fsp3) is 0.700. The molecule has 0 atom stereocenters. The van der Waals surface area contributed by atoms with Gasteiger partial charge >= 0.3 is 5.97 Å². The van der Waals surface area contributed by atoms with Gasteiger partial charge in [-0.05, 0) is 25.7 Å². The normalized spacial score (nSPS) is 17.7. The third-order valence-corrected chi connectivity index (χ3v) is 4.31. The second kappa shape index (κ2) is 4.56. The fourth-order valence-corrected chi connectivity index (χ4v) is 3.03. The Morgan fingerprint density at radius 3 is 2.76 bits per heavy atom. The van der Waals surface area contributed by atoms with Crippen molar-refractivity contribution in [1.82, 2.24) is 14.8 Å². The maximum Gasteiger partial charge on any atom is 0.313 e. The lowest BCUT2D eigenvalue weighted by atomic mass is 9.74. The molecule has 1 saturated carbocycles. The summed E-state index contributed by atoms with van der Waals surface area (Å²) in [5, 5.41) is 17.1. The van der Waals surface area contributed by atoms with Crippen LogP contribution < -0.4 is 5.73 Å². The number of carboxylic acid groups (broad SMARTS) is 1. The molecule has 1 aromatic heterocycles. The summed E-state index contributed by atoms with van der Waals surface area (Å²) in [5.74, 6) is -0.487. The molecule has 2 rings (SSSR count). The number of anilines is 1. The van der Waals surface area contributed by atoms with Gasteiger partial charge in [0.2, 0.25) is 5.95 Å². The van der Waals surface area contributed by atoms with E-state index in [9.17, 15) is 4.79 Å². The zero-order chi connectivity index (χ0) is 12.5. The Morgan fingerprint density at radius 1 is 1.59 bits per heavy atom. The standard InChI is InChI=1S/C10H16N4O2S/c1-2-10(4-3-5-10)14-8(11)12-13-9(14)17-6-7(15)16/h2-6H2,1H3,(H2,11,12)(H,15,16). The van der Waals surface area contributed by atoms with Crippen molar-refractivity contribution in [3.8, 4) is 0 Å². The number of aliphatic carboxylic acids is 1. The number of nitrogens with two attached hydrogens (primary N) is 1. The fourth-order valence-electron chi connectivity index (χ4n) is 2.27. The monoisotopic (exact) mass is 256 g/mol. The van der Waals surface area contributed by atoms with Crippen molar-refractivity contribution < 1.29 is 9.90 Å². The van der Waals surface area contributed by atoms with E-state index in [-0.39, 0.29) is 11.3 Å². The third kappa shape index (κ3) is 2.11. The summed E-state index contributed by atoms with van der Waals surface area (Å²) < 4.78 is 1.92. The summed E-state index contributed by atoms with van der Waals surface area (Å²) in [4.78, 5) is 10.6. The van der Waals surface area contributed by atoms with Crippen molar-refractivity contribution in [2.45, 2.75) is 43.3 Å². The van der Waals surface area contributed by atoms with E-state index in [1.165, 1.54) is 18.2 Å². The van der Waals surface area contributed by atoms with Crippen molar-refractivity contribution in [1.29, 1.82) is 0 Å². The van der Waals surface area contributed by atoms with Crippen LogP contribution in [0.5, 0.6) is 0 Å². The first-order valence-electron chi connectivity index (χ1n) is 5.65. The van der Waals surface area contributed by atoms with Gasteiger partial charge in [-0.2, -0.15) is 0 Å². The van der Waals surface area contributed by atoms with Crippen molar-refractivity contribution in [2.75, 3.05) is 11.5 Å². The molecule has 94 valence electrons. The average molecular weight is 256 g/mol. The molecule has 1 fully saturated rings. The van der Waals surface area contributed by atoms with Gasteiger partial charge < -0.3 is 10.8 Å². The number of hydrogen-bond acceptors (Lipinski definition) is 5. The van der Waals surface area contributed by atoms with E-state index in [0.717, 1.165) is 19.3 Å². The Labute approximate surface area is 104 Å². The van der Waals surface area contributed by atoms with Crippen LogP contribution in [0.3, 0.4) is 0 Å². The van der Waals surface area contributed by atoms with Gasteiger partial charge in [0, 0.05) is 5.54 Å². The van der Waals surface area contributed by atoms with Crippen LogP contribution in [0.2, 0.25) is 0 Å². The molecule has 1 aliphatic rings. The molecular formula is C10H16N4O2S. The predicted molar refractivity (Wildman–Crippen MR) is 64.9 cm³/mol. The molecule has 0 aliphatic heterocycles. The average Bonchev–Trinajstić information content (AvgIpc) is 2.58. The molecular weight excluding hydrogens is 240 g/mol. The Balaban J connectivity index is 2.25. The number of hydrogen-bond donors (Lipinski definition) is 2. The summed E-state index contributed by atoms with van der Waals surface area (Å²) in [7, 11) is 0. The lowest BCUT2D eigenvalue weighted by molar-refractivity contribution is -0.133. The van der Waals surface area contributed by atoms with Gasteiger partial charge in [0.25, 0.3) is 0 Å². The van der Waals surface area contributed by atoms with E-state index in [0.29, 0.717) is 11.1 Å². The Hall–Kier alpha value is -1.24. The number of nitrogens with zero attached hydrogens (tertiary/aromatic N) is 3. The molecule has 1 heterocycles. The highest BCUT2D eigenvalue weighted by Gasteiger charge is 2.40. The molecule has 0 radical (unpaired) electrons. The van der Waals surface area contributed by atoms with Gasteiger partial charge in [-0.1, -0.05) is 18.7 Å². The number of thioether (sulfide) groups is 1. The van der Waals surface area contributed by atoms with Gasteiger partial charge in [-0.15, -0.1) is 10.2 Å². The highest BCUT2D eigenvalue weighted by atomic mass is 32.2. The number of aromatic nitrogens is 3. The lowest BCUT2D eigenvalue weighted by Crippen LogP contribution is -2.41. The maximum absolute atomic E-state index is 10.6. The van der Waals surface area contributed by atoms with Crippen LogP contribution >= 0.6 is 11.8 Å². The van der Waals surface area contributed by atoms with E-state index in [4.69, 9.17) is 10.8 Å². The minimum atomic E-state index is -0.859. The zero-order valence-corrected chi connectivity index (χ0v) is 10.5. The summed E-state index contributed by atoms with van der Waals surface area (Å²) >= 11 is 1.18. The van der Waals surface area contributed by atoms with Crippen LogP contribution in [-0.4, -0.2) is 31.6 Å². The Kier molecular flexibility index (Phi) is 3.28. The molecule has 3 N–H and O–H groups in total. The van der Waals surface area contributed by atoms with Gasteiger partial charge in [-0.25, -0.2) is 0 Å². The summed E-state index contributed by atoms with van der Waals surface area (Å²) in [6.07, 6.45) is 4.27. The summed E-state index contributed by atoms with van der Waals surface area (Å²) in [6.45, 7) is 2.12. The Morgan fingerprint density at radius 2 is 2.29 bits per heavy atom. The first kappa shape index (κ1) is 12.2. The van der Waals surface area contributed by atoms with E-state index < -0.39 is 5.97 Å². The van der Waals surface area contributed by atoms with Crippen molar-refractivity contribution in [2.24, 2.45) is 0 Å². The topological polar surface area (TPSA) is 94.0 Å². The van der Waals surface area contributed by atoms with Gasteiger partial charge in [0.15, 0.2) is 5.16 Å². The lowest BCUT2D eigenvalue weighted by Gasteiger charge is -2.43. The molecule has 1 aromatic rings. The van der Waals surface area contributed by atoms with Gasteiger partial charge in [-0.3, -0.25) is 9.36 Å². The number of carbonyl (C=O) groups is 1. The van der Waals surface area contributed by atoms with Crippen LogP contribution in [0.4, 0.5) is 5.95 Å². The second-order valence-corrected chi connectivity index (χ2v) is 5.23. The minimum Gasteiger partial charge on any atom is -0.481 e. The largest absolute Gasteiger partial charge is 0.481 e. The highest BCUT2D eigenvalue weighted by molar-refractivity contribution is 7.99. The molecule has 0 bridgehead atoms. The Bertz CT molecular complexity index is 422. The first-order valence-corrected chi connectivity index (χ1v) is 6.63. The summed E-state index contributed by atoms with van der Waals surface area (Å²) in [5.41, 5.74) is 5.86. The van der Waals surface area contributed by atoms with Gasteiger partial charge in [0.1, 0.15) is 0 Å². The molecule has 7 heteroatoms. The number of rotatable bonds is 5. The molecule has 17 heavy (non-hydrogen) atoms. The molecule has 0 unspecified atom stereocenters. The van der Waals surface area contributed by atoms with E-state index >= 15 is 0 Å². The highest BCUT2D eigenvalue weighted by Crippen LogP contribution is 2.45. The molecule has 0 saturated heterocycles. The predicted octanol–water partition coefficient (Wildman–Crippen LogP) is 1.33. The molecule has 0 amide bonds. The van der Waals surface area contributed by atoms with Crippen molar-refractivity contribution in [3.05, 3.63) is 0 Å². The first-order chi connectivity index (χ1) is 8.09. The van der Waals surface area contributed by atoms with Crippen LogP contribution in [0.15, 0.2) is 5.16 Å². The maximum atomic E-state index is 10.6. The quantitative estimate of drug-likeness (QED) is 0.772. The second-order valence-electron chi connectivity index (χ2n) is 4.29. The number of nitrogen functional groups attached to an aromatic ring is 1. The zero-order valence-electron chi connectivity index (χ0n) is 9.72. The van der Waals surface area contributed by atoms with Gasteiger partial charge in [0.05, 0.1) is 5.75 Å². The minimum absolute atomic E-state index is 0.00835. The third-order valence-electron chi connectivity index (χ3n) is 3.40. The van der Waals surface area contributed by atoms with E-state index in [1.807, 2.05) is 4.57 Å². The van der Waals surface area contributed by atoms with E-state index in [2.05, 4.69) is 17.1 Å². The smallest absolute Gasteiger partial charge is 0.313 e. The van der Waals surface area contributed by atoms with Crippen molar-refractivity contribution >= 4 is 23.7 Å². The van der Waals surface area contributed by atoms with Crippen LogP contribution in [0.25, 0.3) is 0 Å². The van der Waals surface area contributed by atoms with Crippen LogP contribution in [-0.2, 0) is 10.3 Å². The SMILES string of the molecule is CCC1(n2c(N)nnc2SCC(=O)O)CCC1. The van der Waals surface area contributed by atoms with Crippen LogP contribution in [0, 0.1) is 0 Å². The van der Waals surface area contributed by atoms with Crippen LogP contribution in [0.1, 0.15) is 32.6 Å². The summed E-state index contributed by atoms with van der Waals surface area (Å²) in [6, 6.07) is 0. The number of carboxylic acids is 1. The molecule has 0 spiro atoms. The van der Waals surface area contributed by atoms with E-state index in [1.54, 1.807) is 0 Å². The molecule has 6 nitrogen and oxygen atoms in total. The molecule has 1 aliphatic carbocycles. The molecule has 0 aromatic carbocycles. The van der Waals surface area contributed by atoms with Crippen molar-refractivity contribution in [3.63, 3.8) is 0 Å².